The molecule has 2 rings (SSSR count). The first kappa shape index (κ1) is 16.0. The second kappa shape index (κ2) is 5.79. The van der Waals surface area contributed by atoms with Crippen LogP contribution in [0.3, 0.4) is 0 Å². The molecule has 108 valence electrons. The maximum atomic E-state index is 12.8. The van der Waals surface area contributed by atoms with Crippen LogP contribution >= 0.6 is 43.2 Å². The van der Waals surface area contributed by atoms with Crippen molar-refractivity contribution in [1.82, 2.24) is 0 Å². The molecular weight excluding hydrogens is 419 g/mol. The maximum Gasteiger partial charge on any atom is 0.416 e. The van der Waals surface area contributed by atoms with Gasteiger partial charge in [0, 0.05) is 9.35 Å². The fourth-order valence-electron chi connectivity index (χ4n) is 1.89. The lowest BCUT2D eigenvalue weighted by Crippen LogP contribution is -2.14. The van der Waals surface area contributed by atoms with Crippen molar-refractivity contribution >= 4 is 43.2 Å². The number of nitrogens with two attached hydrogens (primary N) is 1. The summed E-state index contributed by atoms with van der Waals surface area (Å²) < 4.78 is 39.8. The number of thiophene rings is 1. The van der Waals surface area contributed by atoms with Gasteiger partial charge in [-0.15, -0.1) is 11.3 Å². The van der Waals surface area contributed by atoms with E-state index in [1.54, 1.807) is 0 Å². The van der Waals surface area contributed by atoms with Gasteiger partial charge in [-0.1, -0.05) is 15.9 Å². The van der Waals surface area contributed by atoms with Crippen LogP contribution in [0.1, 0.15) is 27.6 Å². The average molecular weight is 429 g/mol. The summed E-state index contributed by atoms with van der Waals surface area (Å²) in [6.45, 7) is 1.89. The van der Waals surface area contributed by atoms with Crippen molar-refractivity contribution in [3.63, 3.8) is 0 Å². The van der Waals surface area contributed by atoms with Gasteiger partial charge in [0.25, 0.3) is 0 Å². The summed E-state index contributed by atoms with van der Waals surface area (Å²) in [5.74, 6) is 0. The Balaban J connectivity index is 2.49. The molecule has 2 N–H and O–H groups in total. The summed E-state index contributed by atoms with van der Waals surface area (Å²) in [5.41, 5.74) is 6.68. The Hall–Kier alpha value is -0.370. The predicted molar refractivity (Wildman–Crippen MR) is 81.9 cm³/mol. The highest BCUT2D eigenvalue weighted by molar-refractivity contribution is 9.11. The fourth-order valence-corrected chi connectivity index (χ4v) is 4.14. The van der Waals surface area contributed by atoms with Crippen molar-refractivity contribution in [2.45, 2.75) is 19.1 Å². The molecule has 1 heterocycles. The monoisotopic (exact) mass is 427 g/mol. The Morgan fingerprint density at radius 2 is 1.80 bits per heavy atom. The third-order valence-electron chi connectivity index (χ3n) is 2.92. The highest BCUT2D eigenvalue weighted by atomic mass is 79.9. The molecule has 0 saturated carbocycles. The molecule has 1 nitrogen and oxygen atoms in total. The number of halogens is 5. The first-order valence-corrected chi connectivity index (χ1v) is 7.98. The third kappa shape index (κ3) is 3.27. The molecule has 1 atom stereocenters. The Kier molecular flexibility index (Phi) is 4.63. The molecule has 2 aromatic rings. The van der Waals surface area contributed by atoms with Crippen molar-refractivity contribution < 1.29 is 13.2 Å². The van der Waals surface area contributed by atoms with E-state index in [9.17, 15) is 13.2 Å². The molecule has 0 fully saturated rings. The van der Waals surface area contributed by atoms with Crippen molar-refractivity contribution in [3.05, 3.63) is 54.1 Å². The Morgan fingerprint density at radius 1 is 1.15 bits per heavy atom. The van der Waals surface area contributed by atoms with Gasteiger partial charge < -0.3 is 5.73 Å². The van der Waals surface area contributed by atoms with Crippen LogP contribution in [0.25, 0.3) is 0 Å². The normalized spacial score (nSPS) is 13.6. The molecule has 0 aliphatic rings. The highest BCUT2D eigenvalue weighted by Crippen LogP contribution is 2.38. The zero-order valence-corrected chi connectivity index (χ0v) is 14.3. The van der Waals surface area contributed by atoms with Crippen LogP contribution in [0.15, 0.2) is 32.5 Å². The van der Waals surface area contributed by atoms with Gasteiger partial charge in [0.05, 0.1) is 15.4 Å². The maximum absolute atomic E-state index is 12.8. The molecule has 1 aromatic carbocycles. The number of hydrogen-bond donors (Lipinski definition) is 1. The van der Waals surface area contributed by atoms with E-state index in [1.807, 2.05) is 13.0 Å². The van der Waals surface area contributed by atoms with Crippen LogP contribution in [0, 0.1) is 6.92 Å². The van der Waals surface area contributed by atoms with E-state index in [0.717, 1.165) is 26.4 Å². The van der Waals surface area contributed by atoms with E-state index >= 15 is 0 Å². The molecule has 0 bridgehead atoms. The van der Waals surface area contributed by atoms with Gasteiger partial charge >= 0.3 is 6.18 Å². The number of rotatable bonds is 2. The van der Waals surface area contributed by atoms with Crippen molar-refractivity contribution in [2.24, 2.45) is 5.73 Å². The minimum Gasteiger partial charge on any atom is -0.320 e. The van der Waals surface area contributed by atoms with Gasteiger partial charge in [-0.3, -0.25) is 0 Å². The molecule has 1 unspecified atom stereocenters. The first-order valence-electron chi connectivity index (χ1n) is 5.58. The van der Waals surface area contributed by atoms with Crippen molar-refractivity contribution in [2.75, 3.05) is 0 Å². The summed E-state index contributed by atoms with van der Waals surface area (Å²) in [5, 5.41) is 0. The van der Waals surface area contributed by atoms with Crippen LogP contribution < -0.4 is 5.73 Å². The molecule has 1 aromatic heterocycles. The predicted octanol–water partition coefficient (Wildman–Crippen LogP) is 5.65. The number of aryl methyl sites for hydroxylation is 1. The minimum atomic E-state index is -4.38. The second-order valence-corrected chi connectivity index (χ2v) is 7.76. The lowest BCUT2D eigenvalue weighted by molar-refractivity contribution is -0.137. The minimum absolute atomic E-state index is 0.424. The van der Waals surface area contributed by atoms with Crippen LogP contribution in [-0.4, -0.2) is 0 Å². The zero-order valence-electron chi connectivity index (χ0n) is 10.3. The van der Waals surface area contributed by atoms with Crippen LogP contribution in [0.5, 0.6) is 0 Å². The Morgan fingerprint density at radius 3 is 2.30 bits per heavy atom. The summed E-state index contributed by atoms with van der Waals surface area (Å²) >= 11 is 8.14. The SMILES string of the molecule is Cc1sc(Br)cc1C(N)c1cc(C(F)(F)F)ccc1Br. The molecule has 0 saturated heterocycles. The topological polar surface area (TPSA) is 26.0 Å². The van der Waals surface area contributed by atoms with Gasteiger partial charge in [0.2, 0.25) is 0 Å². The third-order valence-corrected chi connectivity index (χ3v) is 5.21. The van der Waals surface area contributed by atoms with Gasteiger partial charge in [-0.2, -0.15) is 13.2 Å². The van der Waals surface area contributed by atoms with E-state index in [1.165, 1.54) is 17.4 Å². The Labute approximate surface area is 135 Å². The van der Waals surface area contributed by atoms with Crippen LogP contribution in [-0.2, 0) is 6.18 Å². The summed E-state index contributed by atoms with van der Waals surface area (Å²) in [6, 6.07) is 4.76. The van der Waals surface area contributed by atoms with Crippen molar-refractivity contribution in [3.8, 4) is 0 Å². The van der Waals surface area contributed by atoms with E-state index in [4.69, 9.17) is 5.73 Å². The first-order chi connectivity index (χ1) is 9.20. The van der Waals surface area contributed by atoms with Crippen LogP contribution in [0.4, 0.5) is 13.2 Å². The number of hydrogen-bond acceptors (Lipinski definition) is 2. The smallest absolute Gasteiger partial charge is 0.320 e. The average Bonchev–Trinajstić information content (AvgIpc) is 2.66. The zero-order chi connectivity index (χ0) is 15.1. The largest absolute Gasteiger partial charge is 0.416 e. The molecule has 0 amide bonds. The molecule has 7 heteroatoms. The van der Waals surface area contributed by atoms with Gasteiger partial charge in [0.1, 0.15) is 0 Å². The molecule has 0 radical (unpaired) electrons. The van der Waals surface area contributed by atoms with E-state index in [0.29, 0.717) is 10.0 Å². The summed E-state index contributed by atoms with van der Waals surface area (Å²) in [6.07, 6.45) is -4.38. The molecular formula is C13H10Br2F3NS. The standard InChI is InChI=1S/C13H10Br2F3NS/c1-6-8(5-11(15)20-6)12(19)9-4-7(13(16,17)18)2-3-10(9)14/h2-5,12H,19H2,1H3. The van der Waals surface area contributed by atoms with E-state index < -0.39 is 17.8 Å². The van der Waals surface area contributed by atoms with Gasteiger partial charge in [-0.05, 0) is 58.2 Å². The number of benzene rings is 1. The van der Waals surface area contributed by atoms with Crippen molar-refractivity contribution in [1.29, 1.82) is 0 Å². The molecule has 20 heavy (non-hydrogen) atoms. The van der Waals surface area contributed by atoms with Gasteiger partial charge in [-0.25, -0.2) is 0 Å². The van der Waals surface area contributed by atoms with E-state index in [-0.39, 0.29) is 0 Å². The molecule has 0 spiro atoms. The lowest BCUT2D eigenvalue weighted by Gasteiger charge is -2.16. The lowest BCUT2D eigenvalue weighted by atomic mass is 9.98. The number of alkyl halides is 3. The fraction of sp³-hybridized carbons (Fsp3) is 0.231. The quantitative estimate of drug-likeness (QED) is 0.657. The van der Waals surface area contributed by atoms with E-state index in [2.05, 4.69) is 31.9 Å². The molecule has 0 aliphatic heterocycles. The summed E-state index contributed by atoms with van der Waals surface area (Å²) in [4.78, 5) is 0.980. The molecule has 0 aliphatic carbocycles. The summed E-state index contributed by atoms with van der Waals surface area (Å²) in [7, 11) is 0. The highest BCUT2D eigenvalue weighted by Gasteiger charge is 2.31. The van der Waals surface area contributed by atoms with Gasteiger partial charge in [0.15, 0.2) is 0 Å². The Bertz CT molecular complexity index is 637. The second-order valence-electron chi connectivity index (χ2n) is 4.27. The van der Waals surface area contributed by atoms with Crippen LogP contribution in [0.2, 0.25) is 0 Å².